The first-order valence-corrected chi connectivity index (χ1v) is 10.7. The van der Waals surface area contributed by atoms with Gasteiger partial charge in [0.2, 0.25) is 0 Å². The van der Waals surface area contributed by atoms with Gasteiger partial charge >= 0.3 is 0 Å². The van der Waals surface area contributed by atoms with E-state index in [1.807, 2.05) is 4.90 Å². The van der Waals surface area contributed by atoms with Crippen molar-refractivity contribution in [1.29, 1.82) is 0 Å². The third-order valence-corrected chi connectivity index (χ3v) is 5.97. The Hall–Kier alpha value is -1.96. The fraction of sp³-hybridized carbons (Fsp3) is 0.636. The summed E-state index contributed by atoms with van der Waals surface area (Å²) in [5.74, 6) is 0.0856. The first kappa shape index (κ1) is 20.3. The van der Waals surface area contributed by atoms with Crippen molar-refractivity contribution in [3.63, 3.8) is 0 Å². The van der Waals surface area contributed by atoms with Crippen LogP contribution in [0.15, 0.2) is 18.3 Å². The molecular weight excluding hydrogens is 368 g/mol. The summed E-state index contributed by atoms with van der Waals surface area (Å²) in [5.41, 5.74) is 4.34. The van der Waals surface area contributed by atoms with Gasteiger partial charge in [-0.15, -0.1) is 0 Å². The highest BCUT2D eigenvalue weighted by atomic mass is 16.5. The molecule has 0 spiro atoms. The second-order valence-corrected chi connectivity index (χ2v) is 8.18. The van der Waals surface area contributed by atoms with Crippen LogP contribution in [0, 0.1) is 0 Å². The van der Waals surface area contributed by atoms with E-state index in [-0.39, 0.29) is 11.9 Å². The van der Waals surface area contributed by atoms with Gasteiger partial charge in [0.1, 0.15) is 6.10 Å². The average Bonchev–Trinajstić information content (AvgIpc) is 3.53. The molecule has 2 aromatic rings. The van der Waals surface area contributed by atoms with Crippen LogP contribution in [0.4, 0.5) is 0 Å². The Kier molecular flexibility index (Phi) is 6.18. The van der Waals surface area contributed by atoms with Gasteiger partial charge in [0.15, 0.2) is 0 Å². The largest absolute Gasteiger partial charge is 0.385 e. The van der Waals surface area contributed by atoms with Crippen molar-refractivity contribution < 1.29 is 14.3 Å². The number of carbonyl (C=O) groups excluding carboxylic acids is 1. The van der Waals surface area contributed by atoms with Crippen LogP contribution in [0.2, 0.25) is 0 Å². The van der Waals surface area contributed by atoms with Crippen molar-refractivity contribution in [3.8, 4) is 0 Å². The Bertz CT molecular complexity index is 855. The molecule has 0 aromatic carbocycles. The molecule has 0 radical (unpaired) electrons. The molecule has 1 aliphatic carbocycles. The Labute approximate surface area is 172 Å². The summed E-state index contributed by atoms with van der Waals surface area (Å²) in [7, 11) is 3.79. The zero-order valence-electron chi connectivity index (χ0n) is 17.7. The van der Waals surface area contributed by atoms with Crippen LogP contribution in [0.25, 0.3) is 11.0 Å². The maximum absolute atomic E-state index is 13.2. The van der Waals surface area contributed by atoms with Crippen molar-refractivity contribution in [3.05, 3.63) is 29.6 Å². The number of aryl methyl sites for hydroxylation is 2. The Morgan fingerprint density at radius 3 is 2.97 bits per heavy atom. The molecule has 7 heteroatoms. The van der Waals surface area contributed by atoms with E-state index in [2.05, 4.69) is 42.2 Å². The molecule has 4 rings (SSSR count). The summed E-state index contributed by atoms with van der Waals surface area (Å²) < 4.78 is 13.1. The highest BCUT2D eigenvalue weighted by Gasteiger charge is 2.40. The molecular formula is C22H32N4O3. The lowest BCUT2D eigenvalue weighted by Crippen LogP contribution is -2.50. The minimum Gasteiger partial charge on any atom is -0.385 e. The van der Waals surface area contributed by atoms with Gasteiger partial charge in [-0.2, -0.15) is 0 Å². The minimum absolute atomic E-state index is 0.0723. The third-order valence-electron chi connectivity index (χ3n) is 5.97. The monoisotopic (exact) mass is 400 g/mol. The molecule has 1 saturated heterocycles. The second kappa shape index (κ2) is 8.81. The molecule has 1 aliphatic heterocycles. The summed E-state index contributed by atoms with van der Waals surface area (Å²) in [6, 6.07) is 4.42. The van der Waals surface area contributed by atoms with Crippen LogP contribution in [-0.4, -0.2) is 65.9 Å². The van der Waals surface area contributed by atoms with Crippen molar-refractivity contribution in [1.82, 2.24) is 19.8 Å². The van der Waals surface area contributed by atoms with Crippen molar-refractivity contribution in [2.45, 2.75) is 50.8 Å². The van der Waals surface area contributed by atoms with Gasteiger partial charge in [-0.05, 0) is 50.3 Å². The summed E-state index contributed by atoms with van der Waals surface area (Å²) in [6.07, 6.45) is 5.79. The predicted octanol–water partition coefficient (Wildman–Crippen LogP) is 2.19. The number of ether oxygens (including phenoxy) is 2. The van der Waals surface area contributed by atoms with Gasteiger partial charge in [-0.25, -0.2) is 4.98 Å². The molecule has 29 heavy (non-hydrogen) atoms. The van der Waals surface area contributed by atoms with Crippen LogP contribution < -0.4 is 5.32 Å². The average molecular weight is 401 g/mol. The maximum Gasteiger partial charge on any atom is 0.253 e. The van der Waals surface area contributed by atoms with Crippen LogP contribution in [0.3, 0.4) is 0 Å². The molecule has 1 saturated carbocycles. The Balaban J connectivity index is 1.59. The van der Waals surface area contributed by atoms with E-state index in [1.165, 1.54) is 5.56 Å². The van der Waals surface area contributed by atoms with Crippen molar-refractivity contribution in [2.75, 3.05) is 33.4 Å². The van der Waals surface area contributed by atoms with E-state index >= 15 is 0 Å². The van der Waals surface area contributed by atoms with Crippen LogP contribution in [-0.2, 0) is 27.7 Å². The number of hydrogen-bond donors (Lipinski definition) is 1. The molecule has 0 bridgehead atoms. The first-order valence-electron chi connectivity index (χ1n) is 10.7. The number of amides is 1. The topological polar surface area (TPSA) is 68.6 Å². The van der Waals surface area contributed by atoms with E-state index in [9.17, 15) is 4.79 Å². The number of rotatable bonds is 8. The molecule has 3 heterocycles. The smallest absolute Gasteiger partial charge is 0.253 e. The Morgan fingerprint density at radius 2 is 2.28 bits per heavy atom. The fourth-order valence-electron chi connectivity index (χ4n) is 4.25. The van der Waals surface area contributed by atoms with Crippen LogP contribution in [0.5, 0.6) is 0 Å². The molecule has 0 unspecified atom stereocenters. The van der Waals surface area contributed by atoms with Crippen molar-refractivity contribution >= 4 is 16.9 Å². The summed E-state index contributed by atoms with van der Waals surface area (Å²) in [4.78, 5) is 20.3. The van der Waals surface area contributed by atoms with E-state index in [0.717, 1.165) is 55.6 Å². The standard InChI is InChI=1S/C22H32N4O3/c1-15(26(17-6-7-17)22(27)20-13-23-10-12-29-20)18-8-9-19-21(24-18)16(14-25(19)2)5-4-11-28-3/h8-9,14-15,17,20,23H,4-7,10-13H2,1-3H3/t15-,20-/m1/s1. The van der Waals surface area contributed by atoms with Gasteiger partial charge < -0.3 is 24.3 Å². The number of fused-ring (bicyclic) bond motifs is 1. The number of nitrogens with zero attached hydrogens (tertiary/aromatic N) is 3. The molecule has 2 aliphatic rings. The quantitative estimate of drug-likeness (QED) is 0.688. The van der Waals surface area contributed by atoms with E-state index < -0.39 is 6.10 Å². The van der Waals surface area contributed by atoms with Gasteiger partial charge in [0.05, 0.1) is 29.4 Å². The van der Waals surface area contributed by atoms with Gasteiger partial charge in [0, 0.05) is 46.1 Å². The van der Waals surface area contributed by atoms with Gasteiger partial charge in [0.25, 0.3) is 5.91 Å². The highest BCUT2D eigenvalue weighted by molar-refractivity contribution is 5.83. The minimum atomic E-state index is -0.392. The number of hydrogen-bond acceptors (Lipinski definition) is 5. The zero-order chi connectivity index (χ0) is 20.4. The highest BCUT2D eigenvalue weighted by Crippen LogP contribution is 2.35. The number of methoxy groups -OCH3 is 1. The molecule has 7 nitrogen and oxygen atoms in total. The summed E-state index contributed by atoms with van der Waals surface area (Å²) >= 11 is 0. The molecule has 1 amide bonds. The normalized spacial score (nSPS) is 20.7. The lowest BCUT2D eigenvalue weighted by Gasteiger charge is -2.34. The summed E-state index contributed by atoms with van der Waals surface area (Å²) in [5, 5.41) is 3.27. The lowest BCUT2D eigenvalue weighted by atomic mass is 10.1. The number of carbonyl (C=O) groups is 1. The SMILES string of the molecule is COCCCc1cn(C)c2ccc([C@@H](C)N(C(=O)[C@H]3CNCCO3)C3CC3)nc12. The zero-order valence-corrected chi connectivity index (χ0v) is 17.7. The number of morpholine rings is 1. The fourth-order valence-corrected chi connectivity index (χ4v) is 4.25. The second-order valence-electron chi connectivity index (χ2n) is 8.18. The number of pyridine rings is 1. The molecule has 158 valence electrons. The summed E-state index contributed by atoms with van der Waals surface area (Å²) in [6.45, 7) is 4.81. The van der Waals surface area contributed by atoms with E-state index in [4.69, 9.17) is 14.5 Å². The van der Waals surface area contributed by atoms with E-state index in [0.29, 0.717) is 19.2 Å². The molecule has 2 aromatic heterocycles. The maximum atomic E-state index is 13.2. The molecule has 2 atom stereocenters. The van der Waals surface area contributed by atoms with Crippen molar-refractivity contribution in [2.24, 2.45) is 7.05 Å². The molecule has 2 fully saturated rings. The van der Waals surface area contributed by atoms with Crippen LogP contribution in [0.1, 0.15) is 43.5 Å². The lowest BCUT2D eigenvalue weighted by molar-refractivity contribution is -0.148. The third kappa shape index (κ3) is 4.32. The number of nitrogens with one attached hydrogen (secondary N) is 1. The number of aromatic nitrogens is 2. The van der Waals surface area contributed by atoms with E-state index in [1.54, 1.807) is 7.11 Å². The van der Waals surface area contributed by atoms with Gasteiger partial charge in [-0.3, -0.25) is 4.79 Å². The predicted molar refractivity (Wildman–Crippen MR) is 112 cm³/mol. The molecule has 1 N–H and O–H groups in total. The Morgan fingerprint density at radius 1 is 1.45 bits per heavy atom. The van der Waals surface area contributed by atoms with Gasteiger partial charge in [-0.1, -0.05) is 0 Å². The van der Waals surface area contributed by atoms with Crippen LogP contribution >= 0.6 is 0 Å². The first-order chi connectivity index (χ1) is 14.1.